The maximum atomic E-state index is 9.19. The molecule has 2 saturated carbocycles. The van der Waals surface area contributed by atoms with Crippen LogP contribution in [0.1, 0.15) is 31.2 Å². The molecule has 0 atom stereocenters. The van der Waals surface area contributed by atoms with Gasteiger partial charge in [0, 0.05) is 17.6 Å². The van der Waals surface area contributed by atoms with Crippen molar-refractivity contribution in [2.75, 3.05) is 11.4 Å². The van der Waals surface area contributed by atoms with Gasteiger partial charge in [-0.05, 0) is 49.8 Å². The SMILES string of the molecule is N#Cc1ccc(Cl)cc1N(CC1CC1)C1CC1. The molecule has 0 N–H and O–H groups in total. The summed E-state index contributed by atoms with van der Waals surface area (Å²) in [6, 6.07) is 8.50. The zero-order valence-electron chi connectivity index (χ0n) is 9.69. The number of anilines is 1. The number of hydrogen-bond acceptors (Lipinski definition) is 2. The molecule has 0 unspecified atom stereocenters. The van der Waals surface area contributed by atoms with E-state index >= 15 is 0 Å². The molecule has 0 amide bonds. The minimum atomic E-state index is 0.640. The fraction of sp³-hybridized carbons (Fsp3) is 0.500. The van der Waals surface area contributed by atoms with Gasteiger partial charge in [0.05, 0.1) is 11.3 Å². The van der Waals surface area contributed by atoms with Crippen LogP contribution in [0, 0.1) is 17.2 Å². The van der Waals surface area contributed by atoms with Crippen molar-refractivity contribution in [3.63, 3.8) is 0 Å². The molecule has 1 aromatic rings. The van der Waals surface area contributed by atoms with Crippen molar-refractivity contribution in [2.24, 2.45) is 5.92 Å². The summed E-state index contributed by atoms with van der Waals surface area (Å²) >= 11 is 6.06. The summed E-state index contributed by atoms with van der Waals surface area (Å²) in [6.07, 6.45) is 5.19. The maximum Gasteiger partial charge on any atom is 0.101 e. The van der Waals surface area contributed by atoms with Crippen LogP contribution in [-0.4, -0.2) is 12.6 Å². The zero-order chi connectivity index (χ0) is 11.8. The van der Waals surface area contributed by atoms with E-state index in [4.69, 9.17) is 11.6 Å². The lowest BCUT2D eigenvalue weighted by molar-refractivity contribution is 0.718. The first-order valence-electron chi connectivity index (χ1n) is 6.24. The molecule has 0 saturated heterocycles. The van der Waals surface area contributed by atoms with E-state index in [-0.39, 0.29) is 0 Å². The molecule has 88 valence electrons. The van der Waals surface area contributed by atoms with Crippen molar-refractivity contribution in [1.82, 2.24) is 0 Å². The van der Waals surface area contributed by atoms with E-state index in [9.17, 15) is 5.26 Å². The van der Waals surface area contributed by atoms with E-state index in [1.54, 1.807) is 6.07 Å². The molecule has 2 aliphatic rings. The van der Waals surface area contributed by atoms with E-state index in [0.29, 0.717) is 6.04 Å². The smallest absolute Gasteiger partial charge is 0.101 e. The minimum absolute atomic E-state index is 0.640. The largest absolute Gasteiger partial charge is 0.367 e. The predicted molar refractivity (Wildman–Crippen MR) is 69.3 cm³/mol. The first kappa shape index (κ1) is 10.9. The van der Waals surface area contributed by atoms with Gasteiger partial charge in [-0.15, -0.1) is 0 Å². The third-order valence-electron chi connectivity index (χ3n) is 3.53. The van der Waals surface area contributed by atoms with Gasteiger partial charge in [-0.1, -0.05) is 11.6 Å². The van der Waals surface area contributed by atoms with E-state index in [1.165, 1.54) is 25.7 Å². The van der Waals surface area contributed by atoms with Gasteiger partial charge < -0.3 is 4.90 Å². The van der Waals surface area contributed by atoms with Gasteiger partial charge in [-0.2, -0.15) is 5.26 Å². The summed E-state index contributed by atoms with van der Waals surface area (Å²) in [7, 11) is 0. The minimum Gasteiger partial charge on any atom is -0.367 e. The molecule has 0 radical (unpaired) electrons. The summed E-state index contributed by atoms with van der Waals surface area (Å²) in [5, 5.41) is 9.91. The number of benzene rings is 1. The number of nitrogens with zero attached hydrogens (tertiary/aromatic N) is 2. The van der Waals surface area contributed by atoms with Crippen molar-refractivity contribution >= 4 is 17.3 Å². The Balaban J connectivity index is 1.92. The van der Waals surface area contributed by atoms with E-state index < -0.39 is 0 Å². The number of nitriles is 1. The van der Waals surface area contributed by atoms with Crippen molar-refractivity contribution in [1.29, 1.82) is 5.26 Å². The highest BCUT2D eigenvalue weighted by Gasteiger charge is 2.34. The third kappa shape index (κ3) is 2.40. The molecule has 0 spiro atoms. The second kappa shape index (κ2) is 4.23. The van der Waals surface area contributed by atoms with Gasteiger partial charge >= 0.3 is 0 Å². The molecule has 0 aliphatic heterocycles. The van der Waals surface area contributed by atoms with Crippen molar-refractivity contribution < 1.29 is 0 Å². The van der Waals surface area contributed by atoms with Gasteiger partial charge in [0.2, 0.25) is 0 Å². The third-order valence-corrected chi connectivity index (χ3v) is 3.76. The highest BCUT2D eigenvalue weighted by atomic mass is 35.5. The number of halogens is 1. The summed E-state index contributed by atoms with van der Waals surface area (Å²) < 4.78 is 0. The molecule has 0 bridgehead atoms. The molecule has 1 aromatic carbocycles. The summed E-state index contributed by atoms with van der Waals surface area (Å²) in [5.74, 6) is 0.834. The monoisotopic (exact) mass is 246 g/mol. The maximum absolute atomic E-state index is 9.19. The van der Waals surface area contributed by atoms with E-state index in [2.05, 4.69) is 11.0 Å². The van der Waals surface area contributed by atoms with Crippen LogP contribution in [0.25, 0.3) is 0 Å². The molecule has 0 heterocycles. The summed E-state index contributed by atoms with van der Waals surface area (Å²) in [4.78, 5) is 2.40. The fourth-order valence-corrected chi connectivity index (χ4v) is 2.41. The molecule has 3 rings (SSSR count). The first-order valence-corrected chi connectivity index (χ1v) is 6.62. The lowest BCUT2D eigenvalue weighted by Crippen LogP contribution is -2.28. The van der Waals surface area contributed by atoms with Crippen molar-refractivity contribution in [3.8, 4) is 6.07 Å². The molecule has 3 heteroatoms. The van der Waals surface area contributed by atoms with Crippen LogP contribution in [-0.2, 0) is 0 Å². The standard InChI is InChI=1S/C14H15ClN2/c15-12-4-3-11(8-16)14(7-12)17(13-5-6-13)9-10-1-2-10/h3-4,7,10,13H,1-2,5-6,9H2. The average Bonchev–Trinajstić information content (AvgIpc) is 3.17. The molecule has 2 aliphatic carbocycles. The molecule has 17 heavy (non-hydrogen) atoms. The van der Waals surface area contributed by atoms with Crippen LogP contribution >= 0.6 is 11.6 Å². The second-order valence-electron chi connectivity index (χ2n) is 5.10. The topological polar surface area (TPSA) is 27.0 Å². The van der Waals surface area contributed by atoms with Crippen LogP contribution in [0.15, 0.2) is 18.2 Å². The molecule has 2 nitrogen and oxygen atoms in total. The van der Waals surface area contributed by atoms with Gasteiger partial charge in [-0.3, -0.25) is 0 Å². The van der Waals surface area contributed by atoms with Crippen LogP contribution in [0.5, 0.6) is 0 Å². The van der Waals surface area contributed by atoms with Crippen molar-refractivity contribution in [3.05, 3.63) is 28.8 Å². The zero-order valence-corrected chi connectivity index (χ0v) is 10.5. The lowest BCUT2D eigenvalue weighted by atomic mass is 10.1. The van der Waals surface area contributed by atoms with Gasteiger partial charge in [0.15, 0.2) is 0 Å². The van der Waals surface area contributed by atoms with E-state index in [1.807, 2.05) is 12.1 Å². The quantitative estimate of drug-likeness (QED) is 0.812. The first-order chi connectivity index (χ1) is 8.28. The van der Waals surface area contributed by atoms with Crippen LogP contribution in [0.4, 0.5) is 5.69 Å². The Kier molecular flexibility index (Phi) is 2.72. The molecular formula is C14H15ClN2. The molecule has 2 fully saturated rings. The Morgan fingerprint density at radius 2 is 2.06 bits per heavy atom. The highest BCUT2D eigenvalue weighted by Crippen LogP contribution is 2.39. The Morgan fingerprint density at radius 3 is 2.65 bits per heavy atom. The summed E-state index contributed by atoms with van der Waals surface area (Å²) in [5.41, 5.74) is 1.79. The van der Waals surface area contributed by atoms with Gasteiger partial charge in [0.25, 0.3) is 0 Å². The van der Waals surface area contributed by atoms with E-state index in [0.717, 1.165) is 28.7 Å². The van der Waals surface area contributed by atoms with Crippen LogP contribution in [0.2, 0.25) is 5.02 Å². The summed E-state index contributed by atoms with van der Waals surface area (Å²) in [6.45, 7) is 1.10. The Bertz CT molecular complexity index is 470. The predicted octanol–water partition coefficient (Wildman–Crippen LogP) is 3.59. The van der Waals surface area contributed by atoms with Gasteiger partial charge in [0.1, 0.15) is 6.07 Å². The normalized spacial score (nSPS) is 18.8. The average molecular weight is 247 g/mol. The fourth-order valence-electron chi connectivity index (χ4n) is 2.25. The lowest BCUT2D eigenvalue weighted by Gasteiger charge is -2.25. The molecular weight excluding hydrogens is 232 g/mol. The highest BCUT2D eigenvalue weighted by molar-refractivity contribution is 6.30. The number of rotatable bonds is 4. The number of hydrogen-bond donors (Lipinski definition) is 0. The Morgan fingerprint density at radius 1 is 1.29 bits per heavy atom. The van der Waals surface area contributed by atoms with Gasteiger partial charge in [-0.25, -0.2) is 0 Å². The Labute approximate surface area is 107 Å². The Hall–Kier alpha value is -1.20. The molecule has 0 aromatic heterocycles. The van der Waals surface area contributed by atoms with Crippen molar-refractivity contribution in [2.45, 2.75) is 31.7 Å². The second-order valence-corrected chi connectivity index (χ2v) is 5.54. The van der Waals surface area contributed by atoms with Crippen LogP contribution < -0.4 is 4.90 Å². The van der Waals surface area contributed by atoms with Crippen LogP contribution in [0.3, 0.4) is 0 Å².